The lowest BCUT2D eigenvalue weighted by molar-refractivity contribution is 0.567. The number of aryl methyl sites for hydroxylation is 1. The minimum absolute atomic E-state index is 0.894. The molecule has 2 aromatic heterocycles. The summed E-state index contributed by atoms with van der Waals surface area (Å²) in [4.78, 5) is 5.78. The molecule has 0 radical (unpaired) electrons. The number of hydrogen-bond donors (Lipinski definition) is 0. The van der Waals surface area contributed by atoms with Crippen LogP contribution in [-0.2, 0) is 6.54 Å². The molecule has 0 saturated carbocycles. The quantitative estimate of drug-likeness (QED) is 0.683. The van der Waals surface area contributed by atoms with Gasteiger partial charge in [0.05, 0.1) is 17.6 Å². The fourth-order valence-corrected chi connectivity index (χ4v) is 3.15. The summed E-state index contributed by atoms with van der Waals surface area (Å²) in [5, 5.41) is 2.11. The maximum Gasteiger partial charge on any atom is 0.190 e. The molecular formula is C17H18N2OS. The molecule has 0 amide bonds. The second-order valence-corrected chi connectivity index (χ2v) is 5.82. The predicted octanol–water partition coefficient (Wildman–Crippen LogP) is 4.76. The van der Waals surface area contributed by atoms with Crippen LogP contribution >= 0.6 is 11.3 Å². The Hall–Kier alpha value is -2.07. The third-order valence-corrected chi connectivity index (χ3v) is 4.14. The number of aromatic nitrogens is 1. The maximum atomic E-state index is 5.53. The highest BCUT2D eigenvalue weighted by Crippen LogP contribution is 2.21. The number of hydrogen-bond acceptors (Lipinski definition) is 3. The van der Waals surface area contributed by atoms with E-state index in [0.717, 1.165) is 34.9 Å². The zero-order valence-corrected chi connectivity index (χ0v) is 13.1. The Balaban J connectivity index is 2.08. The van der Waals surface area contributed by atoms with E-state index in [9.17, 15) is 0 Å². The molecule has 0 atom stereocenters. The van der Waals surface area contributed by atoms with Gasteiger partial charge in [-0.2, -0.15) is 0 Å². The van der Waals surface area contributed by atoms with Crippen LogP contribution in [0.2, 0.25) is 0 Å². The van der Waals surface area contributed by atoms with Crippen LogP contribution in [0.3, 0.4) is 0 Å². The molecule has 3 aromatic rings. The smallest absolute Gasteiger partial charge is 0.190 e. The van der Waals surface area contributed by atoms with Gasteiger partial charge in [0.2, 0.25) is 0 Å². The van der Waals surface area contributed by atoms with E-state index in [1.807, 2.05) is 12.1 Å². The molecule has 0 bridgehead atoms. The van der Waals surface area contributed by atoms with Crippen LogP contribution in [0.4, 0.5) is 5.69 Å². The summed E-state index contributed by atoms with van der Waals surface area (Å²) < 4.78 is 7.76. The Morgan fingerprint density at radius 1 is 1.19 bits per heavy atom. The first-order valence-corrected chi connectivity index (χ1v) is 7.99. The van der Waals surface area contributed by atoms with Crippen LogP contribution in [0.5, 0.6) is 0 Å². The zero-order valence-electron chi connectivity index (χ0n) is 12.2. The highest BCUT2D eigenvalue weighted by molar-refractivity contribution is 7.07. The second kappa shape index (κ2) is 6.14. The molecule has 0 N–H and O–H groups in total. The van der Waals surface area contributed by atoms with E-state index in [1.54, 1.807) is 17.6 Å². The first-order valence-electron chi connectivity index (χ1n) is 7.11. The van der Waals surface area contributed by atoms with Gasteiger partial charge in [-0.05, 0) is 37.6 Å². The molecule has 0 unspecified atom stereocenters. The van der Waals surface area contributed by atoms with Gasteiger partial charge < -0.3 is 8.98 Å². The summed E-state index contributed by atoms with van der Waals surface area (Å²) in [7, 11) is 0. The van der Waals surface area contributed by atoms with Crippen molar-refractivity contribution in [1.29, 1.82) is 0 Å². The molecule has 0 spiro atoms. The molecule has 21 heavy (non-hydrogen) atoms. The molecule has 3 rings (SSSR count). The van der Waals surface area contributed by atoms with Gasteiger partial charge in [-0.3, -0.25) is 0 Å². The average molecular weight is 298 g/mol. The van der Waals surface area contributed by atoms with Gasteiger partial charge in [-0.15, -0.1) is 11.3 Å². The van der Waals surface area contributed by atoms with Crippen molar-refractivity contribution in [1.82, 2.24) is 4.57 Å². The lowest BCUT2D eigenvalue weighted by Crippen LogP contribution is -2.15. The van der Waals surface area contributed by atoms with E-state index in [-0.39, 0.29) is 0 Å². The fourth-order valence-electron chi connectivity index (χ4n) is 2.21. The predicted molar refractivity (Wildman–Crippen MR) is 86.7 cm³/mol. The molecule has 108 valence electrons. The second-order valence-electron chi connectivity index (χ2n) is 4.98. The number of furan rings is 1. The summed E-state index contributed by atoms with van der Waals surface area (Å²) in [5.41, 5.74) is 3.33. The van der Waals surface area contributed by atoms with E-state index in [2.05, 4.69) is 48.1 Å². The van der Waals surface area contributed by atoms with Crippen molar-refractivity contribution < 1.29 is 4.42 Å². The Morgan fingerprint density at radius 2 is 2.00 bits per heavy atom. The van der Waals surface area contributed by atoms with E-state index >= 15 is 0 Å². The average Bonchev–Trinajstić information content (AvgIpc) is 3.12. The lowest BCUT2D eigenvalue weighted by atomic mass is 10.2. The number of thiazole rings is 1. The number of benzene rings is 1. The summed E-state index contributed by atoms with van der Waals surface area (Å²) in [5.74, 6) is 0.894. The van der Waals surface area contributed by atoms with Gasteiger partial charge in [-0.1, -0.05) is 24.6 Å². The standard InChI is InChI=1S/C17H18N2OS/c1-3-10-19-15(16-5-4-11-20-16)12-21-17(19)18-14-8-6-13(2)7-9-14/h4-9,11-12H,3,10H2,1-2H3. The van der Waals surface area contributed by atoms with Crippen LogP contribution in [-0.4, -0.2) is 4.57 Å². The Bertz CT molecular complexity index is 764. The van der Waals surface area contributed by atoms with Crippen molar-refractivity contribution >= 4 is 17.0 Å². The van der Waals surface area contributed by atoms with Crippen molar-refractivity contribution in [3.63, 3.8) is 0 Å². The third-order valence-electron chi connectivity index (χ3n) is 3.28. The summed E-state index contributed by atoms with van der Waals surface area (Å²) in [6.45, 7) is 5.19. The van der Waals surface area contributed by atoms with Gasteiger partial charge in [0.1, 0.15) is 0 Å². The molecule has 0 aliphatic rings. The molecular weight excluding hydrogens is 280 g/mol. The van der Waals surface area contributed by atoms with Crippen LogP contribution in [0.15, 0.2) is 57.5 Å². The van der Waals surface area contributed by atoms with E-state index in [4.69, 9.17) is 9.41 Å². The topological polar surface area (TPSA) is 30.4 Å². The van der Waals surface area contributed by atoms with Gasteiger partial charge >= 0.3 is 0 Å². The Kier molecular flexibility index (Phi) is 4.06. The van der Waals surface area contributed by atoms with Crippen molar-refractivity contribution in [2.24, 2.45) is 4.99 Å². The Morgan fingerprint density at radius 3 is 2.67 bits per heavy atom. The largest absolute Gasteiger partial charge is 0.463 e. The monoisotopic (exact) mass is 298 g/mol. The van der Waals surface area contributed by atoms with Crippen molar-refractivity contribution in [3.8, 4) is 11.5 Å². The minimum Gasteiger partial charge on any atom is -0.463 e. The first-order chi connectivity index (χ1) is 10.3. The highest BCUT2D eigenvalue weighted by Gasteiger charge is 2.09. The molecule has 0 saturated heterocycles. The van der Waals surface area contributed by atoms with Gasteiger partial charge in [0.25, 0.3) is 0 Å². The zero-order chi connectivity index (χ0) is 14.7. The third kappa shape index (κ3) is 3.00. The molecule has 1 aromatic carbocycles. The molecule has 2 heterocycles. The van der Waals surface area contributed by atoms with E-state index in [1.165, 1.54) is 5.56 Å². The Labute approximate surface area is 128 Å². The van der Waals surface area contributed by atoms with Crippen LogP contribution in [0.25, 0.3) is 11.5 Å². The molecule has 0 aliphatic carbocycles. The van der Waals surface area contributed by atoms with Crippen LogP contribution < -0.4 is 4.80 Å². The molecule has 3 nitrogen and oxygen atoms in total. The summed E-state index contributed by atoms with van der Waals surface area (Å²) >= 11 is 1.65. The minimum atomic E-state index is 0.894. The highest BCUT2D eigenvalue weighted by atomic mass is 32.1. The first kappa shape index (κ1) is 13.9. The van der Waals surface area contributed by atoms with Crippen LogP contribution in [0, 0.1) is 6.92 Å². The van der Waals surface area contributed by atoms with Gasteiger partial charge in [0.15, 0.2) is 10.6 Å². The maximum absolute atomic E-state index is 5.53. The molecule has 0 fully saturated rings. The van der Waals surface area contributed by atoms with Crippen LogP contribution in [0.1, 0.15) is 18.9 Å². The summed E-state index contributed by atoms with van der Waals surface area (Å²) in [6, 6.07) is 12.2. The number of rotatable bonds is 4. The summed E-state index contributed by atoms with van der Waals surface area (Å²) in [6.07, 6.45) is 2.77. The van der Waals surface area contributed by atoms with Crippen molar-refractivity contribution in [3.05, 3.63) is 58.4 Å². The molecule has 0 aliphatic heterocycles. The SMILES string of the molecule is CCCn1c(-c2ccco2)csc1=Nc1ccc(C)cc1. The van der Waals surface area contributed by atoms with Crippen molar-refractivity contribution in [2.45, 2.75) is 26.8 Å². The molecule has 4 heteroatoms. The van der Waals surface area contributed by atoms with Gasteiger partial charge in [0, 0.05) is 11.9 Å². The van der Waals surface area contributed by atoms with Crippen molar-refractivity contribution in [2.75, 3.05) is 0 Å². The lowest BCUT2D eigenvalue weighted by Gasteiger charge is -2.05. The van der Waals surface area contributed by atoms with E-state index in [0.29, 0.717) is 0 Å². The van der Waals surface area contributed by atoms with E-state index < -0.39 is 0 Å². The fraction of sp³-hybridized carbons (Fsp3) is 0.235. The number of nitrogens with zero attached hydrogens (tertiary/aromatic N) is 2. The normalized spacial score (nSPS) is 12.0. The van der Waals surface area contributed by atoms with Gasteiger partial charge in [-0.25, -0.2) is 4.99 Å².